The highest BCUT2D eigenvalue weighted by Crippen LogP contribution is 2.31. The number of carbonyl (C=O) groups is 1. The van der Waals surface area contributed by atoms with Gasteiger partial charge in [-0.3, -0.25) is 4.79 Å². The van der Waals surface area contributed by atoms with Crippen LogP contribution in [0.3, 0.4) is 0 Å². The van der Waals surface area contributed by atoms with Gasteiger partial charge in [0.1, 0.15) is 11.9 Å². The molecule has 0 bridgehead atoms. The molecule has 3 rings (SSSR count). The zero-order valence-corrected chi connectivity index (χ0v) is 14.9. The Balaban J connectivity index is 1.70. The molecule has 0 spiro atoms. The van der Waals surface area contributed by atoms with Crippen LogP contribution < -0.4 is 4.74 Å². The van der Waals surface area contributed by atoms with Gasteiger partial charge in [0.25, 0.3) is 5.91 Å². The van der Waals surface area contributed by atoms with Crippen molar-refractivity contribution in [3.8, 4) is 5.75 Å². The summed E-state index contributed by atoms with van der Waals surface area (Å²) in [5.41, 5.74) is 1.09. The van der Waals surface area contributed by atoms with E-state index < -0.39 is 0 Å². The monoisotopic (exact) mass is 345 g/mol. The van der Waals surface area contributed by atoms with Crippen molar-refractivity contribution in [2.24, 2.45) is 0 Å². The molecule has 1 aliphatic rings. The van der Waals surface area contributed by atoms with Crippen molar-refractivity contribution in [1.29, 1.82) is 0 Å². The van der Waals surface area contributed by atoms with Gasteiger partial charge in [0.2, 0.25) is 0 Å². The van der Waals surface area contributed by atoms with Crippen LogP contribution in [0, 0.1) is 0 Å². The summed E-state index contributed by atoms with van der Waals surface area (Å²) < 4.78 is 11.0. The number of hydrogen-bond acceptors (Lipinski definition) is 4. The zero-order chi connectivity index (χ0) is 16.9. The first-order chi connectivity index (χ1) is 11.7. The fourth-order valence-electron chi connectivity index (χ4n) is 2.71. The normalized spacial score (nSPS) is 15.1. The minimum absolute atomic E-state index is 0.00228. The minimum atomic E-state index is -0.00228. The molecular weight excluding hydrogens is 322 g/mol. The third-order valence-corrected chi connectivity index (χ3v) is 4.83. The van der Waals surface area contributed by atoms with Crippen molar-refractivity contribution in [3.63, 3.8) is 0 Å². The standard InChI is InChI=1S/C19H23NO3S/c1-14(13-22-2)23-17-6-3-5-15(11-17)12-20(16-8-9-16)19(21)18-7-4-10-24-18/h3-7,10-11,14,16H,8-9,12-13H2,1-2H3. The summed E-state index contributed by atoms with van der Waals surface area (Å²) in [5.74, 6) is 0.947. The summed E-state index contributed by atoms with van der Waals surface area (Å²) in [6, 6.07) is 12.2. The molecule has 1 saturated carbocycles. The average Bonchev–Trinajstić information content (AvgIpc) is 3.26. The topological polar surface area (TPSA) is 38.8 Å². The van der Waals surface area contributed by atoms with E-state index in [1.807, 2.05) is 53.6 Å². The lowest BCUT2D eigenvalue weighted by molar-refractivity contribution is 0.0734. The molecule has 0 N–H and O–H groups in total. The molecule has 1 fully saturated rings. The predicted octanol–water partition coefficient (Wildman–Crippen LogP) is 3.97. The van der Waals surface area contributed by atoms with Crippen molar-refractivity contribution in [2.75, 3.05) is 13.7 Å². The molecule has 128 valence electrons. The van der Waals surface area contributed by atoms with Crippen LogP contribution in [0.15, 0.2) is 41.8 Å². The molecule has 1 atom stereocenters. The van der Waals surface area contributed by atoms with Gasteiger partial charge in [-0.15, -0.1) is 11.3 Å². The molecule has 1 unspecified atom stereocenters. The lowest BCUT2D eigenvalue weighted by Gasteiger charge is -2.22. The van der Waals surface area contributed by atoms with Gasteiger partial charge in [0.15, 0.2) is 0 Å². The lowest BCUT2D eigenvalue weighted by atomic mass is 10.2. The number of nitrogens with zero attached hydrogens (tertiary/aromatic N) is 1. The molecule has 4 nitrogen and oxygen atoms in total. The highest BCUT2D eigenvalue weighted by atomic mass is 32.1. The van der Waals surface area contributed by atoms with Crippen molar-refractivity contribution < 1.29 is 14.3 Å². The molecule has 0 saturated heterocycles. The molecule has 0 radical (unpaired) electrons. The third kappa shape index (κ3) is 4.36. The van der Waals surface area contributed by atoms with E-state index in [9.17, 15) is 4.79 Å². The molecule has 24 heavy (non-hydrogen) atoms. The molecule has 0 aliphatic heterocycles. The molecule has 1 aliphatic carbocycles. The first-order valence-electron chi connectivity index (χ1n) is 8.26. The van der Waals surface area contributed by atoms with Gasteiger partial charge >= 0.3 is 0 Å². The summed E-state index contributed by atoms with van der Waals surface area (Å²) in [6.45, 7) is 3.15. The van der Waals surface area contributed by atoms with Crippen LogP contribution in [0.2, 0.25) is 0 Å². The quantitative estimate of drug-likeness (QED) is 0.727. The first-order valence-corrected chi connectivity index (χ1v) is 9.14. The van der Waals surface area contributed by atoms with Crippen LogP contribution in [-0.4, -0.2) is 36.7 Å². The summed E-state index contributed by atoms with van der Waals surface area (Å²) >= 11 is 1.50. The van der Waals surface area contributed by atoms with E-state index in [-0.39, 0.29) is 12.0 Å². The van der Waals surface area contributed by atoms with Crippen LogP contribution in [0.25, 0.3) is 0 Å². The number of amides is 1. The third-order valence-electron chi connectivity index (χ3n) is 3.97. The maximum Gasteiger partial charge on any atom is 0.264 e. The van der Waals surface area contributed by atoms with E-state index in [2.05, 4.69) is 0 Å². The Morgan fingerprint density at radius 1 is 1.33 bits per heavy atom. The molecule has 1 amide bonds. The van der Waals surface area contributed by atoms with Crippen LogP contribution in [0.5, 0.6) is 5.75 Å². The SMILES string of the molecule is COCC(C)Oc1cccc(CN(C(=O)c2cccs2)C2CC2)c1. The number of hydrogen-bond donors (Lipinski definition) is 0. The number of carbonyl (C=O) groups excluding carboxylic acids is 1. The van der Waals surface area contributed by atoms with Crippen LogP contribution in [0.4, 0.5) is 0 Å². The Morgan fingerprint density at radius 2 is 2.17 bits per heavy atom. The summed E-state index contributed by atoms with van der Waals surface area (Å²) in [4.78, 5) is 15.5. The Kier molecular flexibility index (Phi) is 5.53. The van der Waals surface area contributed by atoms with Gasteiger partial charge in [-0.2, -0.15) is 0 Å². The Morgan fingerprint density at radius 3 is 2.83 bits per heavy atom. The summed E-state index contributed by atoms with van der Waals surface area (Å²) in [5, 5.41) is 1.95. The highest BCUT2D eigenvalue weighted by Gasteiger charge is 2.33. The maximum absolute atomic E-state index is 12.7. The van der Waals surface area contributed by atoms with Crippen LogP contribution in [0.1, 0.15) is 35.0 Å². The van der Waals surface area contributed by atoms with E-state index in [1.165, 1.54) is 11.3 Å². The minimum Gasteiger partial charge on any atom is -0.488 e. The Labute approximate surface area is 147 Å². The van der Waals surface area contributed by atoms with Gasteiger partial charge in [-0.05, 0) is 48.9 Å². The molecule has 5 heteroatoms. The number of methoxy groups -OCH3 is 1. The van der Waals surface area contributed by atoms with Gasteiger partial charge in [-0.25, -0.2) is 0 Å². The molecule has 2 aromatic rings. The molecular formula is C19H23NO3S. The van der Waals surface area contributed by atoms with E-state index >= 15 is 0 Å². The van der Waals surface area contributed by atoms with Crippen molar-refractivity contribution >= 4 is 17.2 Å². The molecule has 1 heterocycles. The summed E-state index contributed by atoms with van der Waals surface area (Å²) in [6.07, 6.45) is 2.19. The van der Waals surface area contributed by atoms with E-state index in [4.69, 9.17) is 9.47 Å². The van der Waals surface area contributed by atoms with E-state index in [1.54, 1.807) is 7.11 Å². The van der Waals surface area contributed by atoms with E-state index in [0.29, 0.717) is 19.2 Å². The van der Waals surface area contributed by atoms with Crippen molar-refractivity contribution in [3.05, 3.63) is 52.2 Å². The van der Waals surface area contributed by atoms with Gasteiger partial charge in [0, 0.05) is 19.7 Å². The van der Waals surface area contributed by atoms with Gasteiger partial charge < -0.3 is 14.4 Å². The summed E-state index contributed by atoms with van der Waals surface area (Å²) in [7, 11) is 1.67. The second kappa shape index (κ2) is 7.81. The maximum atomic E-state index is 12.7. The van der Waals surface area contributed by atoms with Crippen LogP contribution >= 0.6 is 11.3 Å². The van der Waals surface area contributed by atoms with Crippen molar-refractivity contribution in [2.45, 2.75) is 38.5 Å². The average molecular weight is 345 g/mol. The second-order valence-electron chi connectivity index (χ2n) is 6.17. The smallest absolute Gasteiger partial charge is 0.264 e. The lowest BCUT2D eigenvalue weighted by Crippen LogP contribution is -2.32. The van der Waals surface area contributed by atoms with Crippen molar-refractivity contribution in [1.82, 2.24) is 4.90 Å². The number of benzene rings is 1. The predicted molar refractivity (Wildman–Crippen MR) is 95.6 cm³/mol. The zero-order valence-electron chi connectivity index (χ0n) is 14.1. The first kappa shape index (κ1) is 17.0. The highest BCUT2D eigenvalue weighted by molar-refractivity contribution is 7.12. The number of thiophene rings is 1. The molecule has 1 aromatic carbocycles. The van der Waals surface area contributed by atoms with Gasteiger partial charge in [0.05, 0.1) is 11.5 Å². The Bertz CT molecular complexity index is 667. The van der Waals surface area contributed by atoms with Crippen LogP contribution in [-0.2, 0) is 11.3 Å². The number of ether oxygens (including phenoxy) is 2. The number of rotatable bonds is 8. The second-order valence-corrected chi connectivity index (χ2v) is 7.12. The molecule has 1 aromatic heterocycles. The Hall–Kier alpha value is -1.85. The largest absolute Gasteiger partial charge is 0.488 e. The van der Waals surface area contributed by atoms with Gasteiger partial charge in [-0.1, -0.05) is 18.2 Å². The fourth-order valence-corrected chi connectivity index (χ4v) is 3.39. The fraction of sp³-hybridized carbons (Fsp3) is 0.421. The van der Waals surface area contributed by atoms with E-state index in [0.717, 1.165) is 29.0 Å².